The molecule has 70 valence electrons. The van der Waals surface area contributed by atoms with Gasteiger partial charge >= 0.3 is 41.9 Å². The predicted molar refractivity (Wildman–Crippen MR) is 50.8 cm³/mol. The third-order valence-corrected chi connectivity index (χ3v) is 0.607. The van der Waals surface area contributed by atoms with Crippen LogP contribution in [-0.4, -0.2) is 28.7 Å². The fourth-order valence-electron chi connectivity index (χ4n) is 0.342. The molecule has 0 saturated carbocycles. The largest absolute Gasteiger partial charge is 2.00 e. The first-order valence-electron chi connectivity index (χ1n) is 3.61. The van der Waals surface area contributed by atoms with Crippen LogP contribution in [0.3, 0.4) is 0 Å². The van der Waals surface area contributed by atoms with Crippen LogP contribution in [0, 0.1) is 6.07 Å². The van der Waals surface area contributed by atoms with Crippen molar-refractivity contribution in [1.82, 2.24) is 0 Å². The summed E-state index contributed by atoms with van der Waals surface area (Å²) in [6.07, 6.45) is 0. The summed E-state index contributed by atoms with van der Waals surface area (Å²) in [4.78, 5) is 0. The van der Waals surface area contributed by atoms with Gasteiger partial charge in [-0.15, -0.1) is 5.60 Å². The summed E-state index contributed by atoms with van der Waals surface area (Å²) in [5.41, 5.74) is -0.750. The minimum absolute atomic E-state index is 0. The van der Waals surface area contributed by atoms with Gasteiger partial charge in [-0.1, -0.05) is 20.8 Å². The Morgan fingerprint density at radius 2 is 1.29 bits per heavy atom. The molecule has 0 aliphatic heterocycles. The molecular formula is C10H14ClLiMgO. The van der Waals surface area contributed by atoms with Crippen LogP contribution in [0.25, 0.3) is 0 Å². The van der Waals surface area contributed by atoms with Crippen molar-refractivity contribution in [2.24, 2.45) is 0 Å². The van der Waals surface area contributed by atoms with Crippen molar-refractivity contribution in [2.45, 2.75) is 26.4 Å². The smallest absolute Gasteiger partial charge is 1.00 e. The molecule has 0 bridgehead atoms. The Balaban J connectivity index is -0.0000000597. The Morgan fingerprint density at radius 3 is 1.36 bits per heavy atom. The second-order valence-electron chi connectivity index (χ2n) is 3.19. The van der Waals surface area contributed by atoms with Gasteiger partial charge in [-0.2, -0.15) is 36.4 Å². The standard InChI is InChI=1S/C6H5.C4H9O.ClH.Li.Mg/c1-2-4-6-5-3-1;1-4(2,3)5;;;/h1-5H;1-3H3;1H;;/q2*-1;;+1;+2/p-1. The summed E-state index contributed by atoms with van der Waals surface area (Å²) in [6.45, 7) is 4.90. The van der Waals surface area contributed by atoms with Crippen molar-refractivity contribution < 1.29 is 36.4 Å². The molecule has 0 radical (unpaired) electrons. The number of hydrogen-bond acceptors (Lipinski definition) is 1. The van der Waals surface area contributed by atoms with Gasteiger partial charge in [0, 0.05) is 0 Å². The summed E-state index contributed by atoms with van der Waals surface area (Å²) in [5, 5.41) is 10.1. The molecule has 14 heavy (non-hydrogen) atoms. The Kier molecular flexibility index (Phi) is 23.9. The Hall–Kier alpha value is 0.834. The monoisotopic (exact) mass is 216 g/mol. The number of rotatable bonds is 0. The molecule has 0 atom stereocenters. The van der Waals surface area contributed by atoms with E-state index in [9.17, 15) is 5.11 Å². The Morgan fingerprint density at radius 1 is 1.00 bits per heavy atom. The SMILES string of the molecule is CC(C)(C)[O-].[Cl-].[Li+].[Mg+2].[c-]1ccccc1. The van der Waals surface area contributed by atoms with Crippen molar-refractivity contribution in [2.75, 3.05) is 0 Å². The maximum absolute atomic E-state index is 10.1. The summed E-state index contributed by atoms with van der Waals surface area (Å²) in [6, 6.07) is 12.5. The zero-order valence-corrected chi connectivity index (χ0v) is 11.6. The van der Waals surface area contributed by atoms with E-state index in [-0.39, 0.29) is 54.3 Å². The molecule has 0 spiro atoms. The van der Waals surface area contributed by atoms with E-state index in [1.165, 1.54) is 0 Å². The van der Waals surface area contributed by atoms with Gasteiger partial charge in [0.15, 0.2) is 0 Å². The summed E-state index contributed by atoms with van der Waals surface area (Å²) < 4.78 is 0. The van der Waals surface area contributed by atoms with Gasteiger partial charge in [0.05, 0.1) is 0 Å². The van der Waals surface area contributed by atoms with E-state index in [1.54, 1.807) is 20.8 Å². The number of hydrogen-bond donors (Lipinski definition) is 0. The van der Waals surface area contributed by atoms with E-state index in [2.05, 4.69) is 6.07 Å². The molecule has 0 fully saturated rings. The fourth-order valence-corrected chi connectivity index (χ4v) is 0.342. The number of benzene rings is 1. The molecule has 1 aromatic rings. The quantitative estimate of drug-likeness (QED) is 0.316. The first kappa shape index (κ1) is 24.2. The molecule has 0 aliphatic rings. The summed E-state index contributed by atoms with van der Waals surface area (Å²) in [5.74, 6) is 0. The molecule has 4 heteroatoms. The van der Waals surface area contributed by atoms with Gasteiger partial charge < -0.3 is 17.5 Å². The first-order valence-corrected chi connectivity index (χ1v) is 3.61. The normalized spacial score (nSPS) is 7.71. The third kappa shape index (κ3) is 38.5. The minimum atomic E-state index is -0.750. The molecule has 0 N–H and O–H groups in total. The van der Waals surface area contributed by atoms with Crippen LogP contribution in [0.2, 0.25) is 0 Å². The molecule has 1 aromatic carbocycles. The van der Waals surface area contributed by atoms with Crippen LogP contribution in [-0.2, 0) is 0 Å². The summed E-state index contributed by atoms with van der Waals surface area (Å²) in [7, 11) is 0. The predicted octanol–water partition coefficient (Wildman–Crippen LogP) is -4.74. The molecule has 0 heterocycles. The van der Waals surface area contributed by atoms with Crippen LogP contribution < -0.4 is 36.4 Å². The van der Waals surface area contributed by atoms with E-state index in [4.69, 9.17) is 0 Å². The first-order chi connectivity index (χ1) is 5.00. The molecule has 0 unspecified atom stereocenters. The van der Waals surface area contributed by atoms with Gasteiger partial charge in [0.1, 0.15) is 0 Å². The van der Waals surface area contributed by atoms with E-state index < -0.39 is 5.60 Å². The van der Waals surface area contributed by atoms with Crippen molar-refractivity contribution in [3.63, 3.8) is 0 Å². The maximum atomic E-state index is 10.1. The summed E-state index contributed by atoms with van der Waals surface area (Å²) >= 11 is 0. The molecule has 1 nitrogen and oxygen atoms in total. The molecular weight excluding hydrogens is 203 g/mol. The van der Waals surface area contributed by atoms with E-state index >= 15 is 0 Å². The minimum Gasteiger partial charge on any atom is -1.00 e. The van der Waals surface area contributed by atoms with Gasteiger partial charge in [0.25, 0.3) is 0 Å². The molecule has 1 rings (SSSR count). The Labute approximate surface area is 121 Å². The molecule has 0 aliphatic carbocycles. The molecule has 0 saturated heterocycles. The van der Waals surface area contributed by atoms with Crippen LogP contribution in [0.4, 0.5) is 0 Å². The van der Waals surface area contributed by atoms with Gasteiger partial charge in [0.2, 0.25) is 0 Å². The average Bonchev–Trinajstić information content (AvgIpc) is 1.88. The van der Waals surface area contributed by atoms with Crippen LogP contribution >= 0.6 is 0 Å². The second kappa shape index (κ2) is 13.8. The second-order valence-corrected chi connectivity index (χ2v) is 3.19. The average molecular weight is 217 g/mol. The molecule has 0 aromatic heterocycles. The Bertz CT molecular complexity index is 145. The number of halogens is 1. The zero-order chi connectivity index (χ0) is 8.74. The van der Waals surface area contributed by atoms with Crippen LogP contribution in [0.1, 0.15) is 20.8 Å². The van der Waals surface area contributed by atoms with Crippen molar-refractivity contribution in [3.05, 3.63) is 36.4 Å². The fraction of sp³-hybridized carbons (Fsp3) is 0.400. The topological polar surface area (TPSA) is 23.1 Å². The van der Waals surface area contributed by atoms with Crippen molar-refractivity contribution in [3.8, 4) is 0 Å². The van der Waals surface area contributed by atoms with Crippen LogP contribution in [0.5, 0.6) is 0 Å². The van der Waals surface area contributed by atoms with Crippen LogP contribution in [0.15, 0.2) is 30.3 Å². The van der Waals surface area contributed by atoms with Gasteiger partial charge in [-0.25, -0.2) is 0 Å². The van der Waals surface area contributed by atoms with E-state index in [1.807, 2.05) is 30.3 Å². The van der Waals surface area contributed by atoms with E-state index in [0.29, 0.717) is 0 Å². The van der Waals surface area contributed by atoms with E-state index in [0.717, 1.165) is 0 Å². The maximum Gasteiger partial charge on any atom is 2.00 e. The molecule has 0 amide bonds. The third-order valence-electron chi connectivity index (χ3n) is 0.607. The van der Waals surface area contributed by atoms with Crippen molar-refractivity contribution >= 4 is 23.1 Å². The van der Waals surface area contributed by atoms with Gasteiger partial charge in [-0.05, 0) is 0 Å². The van der Waals surface area contributed by atoms with Crippen molar-refractivity contribution in [1.29, 1.82) is 0 Å². The van der Waals surface area contributed by atoms with Gasteiger partial charge in [-0.3, -0.25) is 0 Å². The zero-order valence-electron chi connectivity index (χ0n) is 9.38.